The van der Waals surface area contributed by atoms with E-state index >= 15 is 0 Å². The van der Waals surface area contributed by atoms with Crippen LogP contribution in [0.4, 0.5) is 0 Å². The van der Waals surface area contributed by atoms with Crippen LogP contribution in [0.15, 0.2) is 25.3 Å². The van der Waals surface area contributed by atoms with Gasteiger partial charge in [-0.3, -0.25) is 9.59 Å². The maximum atomic E-state index is 12.0. The number of amides is 2. The molecule has 0 aliphatic carbocycles. The Hall–Kier alpha value is -1.74. The Balaban J connectivity index is 3.15. The first-order chi connectivity index (χ1) is 10.4. The van der Waals surface area contributed by atoms with Gasteiger partial charge in [-0.1, -0.05) is 12.7 Å². The molecule has 0 radical (unpaired) electrons. The third kappa shape index (κ3) is 3.92. The van der Waals surface area contributed by atoms with Crippen molar-refractivity contribution < 1.29 is 29.6 Å². The molecule has 0 saturated carbocycles. The fourth-order valence-electron chi connectivity index (χ4n) is 2.33. The summed E-state index contributed by atoms with van der Waals surface area (Å²) in [6.07, 6.45) is -2.48. The highest BCUT2D eigenvalue weighted by Gasteiger charge is 2.47. The number of hydrogen-bond acceptors (Lipinski definition) is 6. The monoisotopic (exact) mass is 314 g/mol. The highest BCUT2D eigenvalue weighted by Crippen LogP contribution is 2.24. The third-order valence-electron chi connectivity index (χ3n) is 3.36. The van der Waals surface area contributed by atoms with Gasteiger partial charge in [-0.15, -0.1) is 6.58 Å². The lowest BCUT2D eigenvalue weighted by Gasteiger charge is -2.46. The van der Waals surface area contributed by atoms with Gasteiger partial charge in [0.1, 0.15) is 24.4 Å². The van der Waals surface area contributed by atoms with Gasteiger partial charge in [0.25, 0.3) is 0 Å². The Morgan fingerprint density at radius 3 is 2.41 bits per heavy atom. The molecule has 2 amide bonds. The summed E-state index contributed by atoms with van der Waals surface area (Å²) in [6.45, 7) is 7.69. The van der Waals surface area contributed by atoms with Crippen LogP contribution in [0.25, 0.3) is 0 Å². The minimum Gasteiger partial charge on any atom is -0.394 e. The van der Waals surface area contributed by atoms with Crippen molar-refractivity contribution in [2.45, 2.75) is 37.5 Å². The van der Waals surface area contributed by atoms with E-state index in [0.29, 0.717) is 0 Å². The number of nitrogens with zero attached hydrogens (tertiary/aromatic N) is 1. The molecule has 124 valence electrons. The van der Waals surface area contributed by atoms with Crippen molar-refractivity contribution in [1.29, 1.82) is 0 Å². The number of hydrogen-bond donors (Lipinski definition) is 4. The number of carbonyl (C=O) groups excluding carboxylic acids is 2. The number of ether oxygens (including phenoxy) is 1. The highest BCUT2D eigenvalue weighted by molar-refractivity contribution is 5.87. The molecule has 1 rings (SSSR count). The van der Waals surface area contributed by atoms with Gasteiger partial charge < -0.3 is 30.3 Å². The number of carbonyl (C=O) groups is 2. The normalized spacial score (nSPS) is 31.2. The minimum atomic E-state index is -1.41. The first-order valence-corrected chi connectivity index (χ1v) is 6.80. The number of aliphatic hydroxyl groups is 3. The molecule has 0 spiro atoms. The molecule has 2 unspecified atom stereocenters. The first kappa shape index (κ1) is 18.3. The van der Waals surface area contributed by atoms with Gasteiger partial charge in [0.05, 0.1) is 6.61 Å². The van der Waals surface area contributed by atoms with E-state index in [0.717, 1.165) is 6.08 Å². The maximum absolute atomic E-state index is 12.0. The average Bonchev–Trinajstić information content (AvgIpc) is 2.49. The van der Waals surface area contributed by atoms with Crippen LogP contribution >= 0.6 is 0 Å². The maximum Gasteiger partial charge on any atom is 0.248 e. The minimum absolute atomic E-state index is 0.0760. The summed E-state index contributed by atoms with van der Waals surface area (Å²) < 4.78 is 5.50. The summed E-state index contributed by atoms with van der Waals surface area (Å²) in [6, 6.07) is -1.06. The van der Waals surface area contributed by atoms with Gasteiger partial charge in [0.2, 0.25) is 11.8 Å². The summed E-state index contributed by atoms with van der Waals surface area (Å²) in [7, 11) is 0. The molecule has 0 bridgehead atoms. The molecule has 8 nitrogen and oxygen atoms in total. The topological polar surface area (TPSA) is 119 Å². The second-order valence-corrected chi connectivity index (χ2v) is 4.94. The summed E-state index contributed by atoms with van der Waals surface area (Å²) >= 11 is 0. The molecule has 1 aliphatic heterocycles. The zero-order valence-electron chi connectivity index (χ0n) is 12.4. The number of rotatable bonds is 6. The quantitative estimate of drug-likeness (QED) is 0.337. The smallest absolute Gasteiger partial charge is 0.248 e. The van der Waals surface area contributed by atoms with Crippen molar-refractivity contribution in [1.82, 2.24) is 10.2 Å². The van der Waals surface area contributed by atoms with Crippen LogP contribution in [0.5, 0.6) is 0 Å². The Morgan fingerprint density at radius 1 is 1.32 bits per heavy atom. The Morgan fingerprint density at radius 2 is 1.95 bits per heavy atom. The molecule has 22 heavy (non-hydrogen) atoms. The third-order valence-corrected chi connectivity index (χ3v) is 3.36. The number of aliphatic hydroxyl groups excluding tert-OH is 3. The zero-order chi connectivity index (χ0) is 16.9. The van der Waals surface area contributed by atoms with Crippen molar-refractivity contribution in [3.05, 3.63) is 25.3 Å². The highest BCUT2D eigenvalue weighted by atomic mass is 16.5. The van der Waals surface area contributed by atoms with E-state index in [1.165, 1.54) is 17.9 Å². The molecule has 5 atom stereocenters. The average molecular weight is 314 g/mol. The van der Waals surface area contributed by atoms with Crippen LogP contribution < -0.4 is 5.32 Å². The van der Waals surface area contributed by atoms with Crippen molar-refractivity contribution in [3.8, 4) is 0 Å². The Kier molecular flexibility index (Phi) is 6.69. The molecule has 8 heteroatoms. The van der Waals surface area contributed by atoms with Gasteiger partial charge >= 0.3 is 0 Å². The predicted octanol–water partition coefficient (Wildman–Crippen LogP) is -1.87. The summed E-state index contributed by atoms with van der Waals surface area (Å²) in [5, 5.41) is 31.8. The van der Waals surface area contributed by atoms with Gasteiger partial charge in [-0.25, -0.2) is 0 Å². The van der Waals surface area contributed by atoms with Crippen LogP contribution in [-0.4, -0.2) is 75.8 Å². The van der Waals surface area contributed by atoms with E-state index in [4.69, 9.17) is 4.74 Å². The lowest BCUT2D eigenvalue weighted by Crippen LogP contribution is -2.68. The van der Waals surface area contributed by atoms with Crippen LogP contribution in [0.2, 0.25) is 0 Å². The molecule has 1 fully saturated rings. The standard InChI is InChI=1S/C14H22N2O6/c1-4-6-16(10(19)5-2)14-11(15-8(3)18)13(21)12(20)9(7-17)22-14/h4-5,9,11-14,17,20-21H,1-2,6-7H2,3H3,(H,15,18)/t9?,11-,12+,13?,14+/m0/s1. The van der Waals surface area contributed by atoms with E-state index in [9.17, 15) is 24.9 Å². The van der Waals surface area contributed by atoms with E-state index in [1.807, 2.05) is 0 Å². The Labute approximate surface area is 128 Å². The molecular formula is C14H22N2O6. The molecule has 1 saturated heterocycles. The summed E-state index contributed by atoms with van der Waals surface area (Å²) in [4.78, 5) is 24.5. The Bertz CT molecular complexity index is 441. The summed E-state index contributed by atoms with van der Waals surface area (Å²) in [5.41, 5.74) is 0. The van der Waals surface area contributed by atoms with Gasteiger partial charge in [0.15, 0.2) is 6.23 Å². The van der Waals surface area contributed by atoms with Crippen LogP contribution in [0.1, 0.15) is 6.92 Å². The lowest BCUT2D eigenvalue weighted by atomic mass is 9.95. The predicted molar refractivity (Wildman–Crippen MR) is 77.5 cm³/mol. The van der Waals surface area contributed by atoms with Gasteiger partial charge in [-0.2, -0.15) is 0 Å². The van der Waals surface area contributed by atoms with Crippen LogP contribution in [-0.2, 0) is 14.3 Å². The largest absolute Gasteiger partial charge is 0.394 e. The molecule has 0 aromatic carbocycles. The van der Waals surface area contributed by atoms with E-state index in [-0.39, 0.29) is 6.54 Å². The SMILES string of the molecule is C=CCN(C(=O)C=C)[C@@H]1OC(CO)[C@@H](O)C(O)[C@@H]1NC(C)=O. The molecule has 0 aromatic heterocycles. The molecule has 0 aromatic rings. The van der Waals surface area contributed by atoms with Crippen molar-refractivity contribution >= 4 is 11.8 Å². The fourth-order valence-corrected chi connectivity index (χ4v) is 2.33. The van der Waals surface area contributed by atoms with Crippen molar-refractivity contribution in [2.75, 3.05) is 13.2 Å². The molecule has 4 N–H and O–H groups in total. The zero-order valence-corrected chi connectivity index (χ0v) is 12.4. The second-order valence-electron chi connectivity index (χ2n) is 4.94. The van der Waals surface area contributed by atoms with Crippen LogP contribution in [0, 0.1) is 0 Å². The second kappa shape index (κ2) is 8.04. The van der Waals surface area contributed by atoms with E-state index in [1.54, 1.807) is 0 Å². The van der Waals surface area contributed by atoms with Gasteiger partial charge in [0, 0.05) is 13.5 Å². The molecule has 1 aliphatic rings. The van der Waals surface area contributed by atoms with E-state index in [2.05, 4.69) is 18.5 Å². The van der Waals surface area contributed by atoms with Gasteiger partial charge in [-0.05, 0) is 6.08 Å². The summed E-state index contributed by atoms with van der Waals surface area (Å²) in [5.74, 6) is -0.961. The fraction of sp³-hybridized carbons (Fsp3) is 0.571. The van der Waals surface area contributed by atoms with Crippen molar-refractivity contribution in [3.63, 3.8) is 0 Å². The first-order valence-electron chi connectivity index (χ1n) is 6.80. The lowest BCUT2D eigenvalue weighted by molar-refractivity contribution is -0.228. The number of nitrogens with one attached hydrogen (secondary N) is 1. The van der Waals surface area contributed by atoms with E-state index < -0.39 is 49.0 Å². The van der Waals surface area contributed by atoms with Crippen LogP contribution in [0.3, 0.4) is 0 Å². The van der Waals surface area contributed by atoms with Crippen molar-refractivity contribution in [2.24, 2.45) is 0 Å². The molecule has 1 heterocycles. The molecular weight excluding hydrogens is 292 g/mol.